The van der Waals surface area contributed by atoms with E-state index >= 15 is 0 Å². The molecule has 41 heavy (non-hydrogen) atoms. The topological polar surface area (TPSA) is 16.1 Å². The molecule has 3 atom stereocenters. The third-order valence-electron chi connectivity index (χ3n) is 8.74. The summed E-state index contributed by atoms with van der Waals surface area (Å²) >= 11 is 0. The summed E-state index contributed by atoms with van der Waals surface area (Å²) in [5, 5.41) is 0. The van der Waals surface area contributed by atoms with Gasteiger partial charge < -0.3 is 4.90 Å². The van der Waals surface area contributed by atoms with Crippen molar-refractivity contribution in [2.24, 2.45) is 0 Å². The lowest BCUT2D eigenvalue weighted by molar-refractivity contribution is 0.620. The van der Waals surface area contributed by atoms with Crippen LogP contribution in [0.15, 0.2) is 134 Å². The van der Waals surface area contributed by atoms with Crippen molar-refractivity contribution in [3.8, 4) is 11.1 Å². The van der Waals surface area contributed by atoms with Gasteiger partial charge in [-0.3, -0.25) is 4.98 Å². The molecule has 1 aromatic heterocycles. The van der Waals surface area contributed by atoms with Crippen LogP contribution in [0.4, 0.5) is 11.4 Å². The number of pyridine rings is 1. The fraction of sp³-hybridized carbons (Fsp3) is 0.205. The number of fused-ring (bicyclic) bond motifs is 4. The summed E-state index contributed by atoms with van der Waals surface area (Å²) in [7, 11) is 0. The van der Waals surface area contributed by atoms with E-state index in [4.69, 9.17) is 0 Å². The van der Waals surface area contributed by atoms with Crippen molar-refractivity contribution in [1.29, 1.82) is 0 Å². The molecule has 1 aliphatic carbocycles. The molecule has 2 aliphatic rings. The Balaban J connectivity index is 0.00000148. The predicted octanol–water partition coefficient (Wildman–Crippen LogP) is 10.1. The van der Waals surface area contributed by atoms with Crippen molar-refractivity contribution in [2.45, 2.75) is 51.5 Å². The highest BCUT2D eigenvalue weighted by atomic mass is 15.2. The molecule has 0 amide bonds. The van der Waals surface area contributed by atoms with E-state index in [0.29, 0.717) is 5.92 Å². The van der Waals surface area contributed by atoms with E-state index in [9.17, 15) is 0 Å². The zero-order valence-corrected chi connectivity index (χ0v) is 24.5. The van der Waals surface area contributed by atoms with Crippen LogP contribution < -0.4 is 4.90 Å². The molecule has 1 aliphatic heterocycles. The second-order valence-corrected chi connectivity index (χ2v) is 10.6. The van der Waals surface area contributed by atoms with Crippen molar-refractivity contribution < 1.29 is 0 Å². The molecule has 0 bridgehead atoms. The van der Waals surface area contributed by atoms with Crippen LogP contribution in [0.25, 0.3) is 11.1 Å². The van der Waals surface area contributed by atoms with Gasteiger partial charge in [-0.1, -0.05) is 118 Å². The minimum atomic E-state index is -0.447. The Hall–Kier alpha value is -4.43. The summed E-state index contributed by atoms with van der Waals surface area (Å²) in [5.74, 6) is 0.458. The molecule has 0 fully saturated rings. The molecule has 2 heterocycles. The standard InChI is InChI=1S/C37H32N2.C2H6/c1-3-13-35-29(4-2)32-18-9-11-20-36(32)39(35)28-21-22-31-30-17-8-10-19-33(30)37(34(31)24-28,26-14-6-5-7-15-26)27-16-12-23-38-25-27;1-2/h3,5-25,29,35H,4H2,1-2H3;1-2H3/b13-3-;. The SMILES string of the molecule is C/C=C\C1C(CC)c2ccccc2N1c1ccc2c(c1)C(c1ccccc1)(c1cccnc1)c1ccccc1-2.CC. The van der Waals surface area contributed by atoms with Crippen LogP contribution in [0.3, 0.4) is 0 Å². The molecular weight excluding hydrogens is 496 g/mol. The van der Waals surface area contributed by atoms with Crippen molar-refractivity contribution in [1.82, 2.24) is 4.98 Å². The summed E-state index contributed by atoms with van der Waals surface area (Å²) in [5.41, 5.74) is 11.2. The van der Waals surface area contributed by atoms with E-state index in [2.05, 4.69) is 145 Å². The molecule has 7 rings (SSSR count). The second kappa shape index (κ2) is 11.2. The number of anilines is 2. The number of allylic oxidation sites excluding steroid dienone is 1. The van der Waals surface area contributed by atoms with E-state index < -0.39 is 5.41 Å². The molecule has 4 aromatic carbocycles. The lowest BCUT2D eigenvalue weighted by Gasteiger charge is -2.35. The lowest BCUT2D eigenvalue weighted by Crippen LogP contribution is -2.30. The van der Waals surface area contributed by atoms with Gasteiger partial charge in [0.25, 0.3) is 0 Å². The molecule has 0 radical (unpaired) electrons. The van der Waals surface area contributed by atoms with Crippen molar-refractivity contribution in [2.75, 3.05) is 4.90 Å². The van der Waals surface area contributed by atoms with Crippen LogP contribution in [0.1, 0.15) is 67.9 Å². The van der Waals surface area contributed by atoms with Gasteiger partial charge in [0, 0.05) is 29.7 Å². The number of nitrogens with zero attached hydrogens (tertiary/aromatic N) is 2. The number of rotatable bonds is 5. The highest BCUT2D eigenvalue weighted by Gasteiger charge is 2.47. The van der Waals surface area contributed by atoms with Gasteiger partial charge in [-0.25, -0.2) is 0 Å². The largest absolute Gasteiger partial charge is 0.334 e. The Kier molecular flexibility index (Phi) is 7.32. The first-order valence-electron chi connectivity index (χ1n) is 15.0. The number of aromatic nitrogens is 1. The number of benzene rings is 4. The molecule has 0 N–H and O–H groups in total. The quantitative estimate of drug-likeness (QED) is 0.205. The van der Waals surface area contributed by atoms with Crippen molar-refractivity contribution >= 4 is 11.4 Å². The Morgan fingerprint density at radius 3 is 2.22 bits per heavy atom. The van der Waals surface area contributed by atoms with Crippen LogP contribution in [0.2, 0.25) is 0 Å². The zero-order chi connectivity index (χ0) is 28.4. The highest BCUT2D eigenvalue weighted by Crippen LogP contribution is 2.57. The Bertz CT molecular complexity index is 1630. The molecular formula is C39H38N2. The Morgan fingerprint density at radius 1 is 0.756 bits per heavy atom. The van der Waals surface area contributed by atoms with Gasteiger partial charge in [-0.05, 0) is 76.6 Å². The Labute approximate surface area is 245 Å². The molecule has 204 valence electrons. The van der Waals surface area contributed by atoms with Crippen LogP contribution in [-0.2, 0) is 5.41 Å². The second-order valence-electron chi connectivity index (χ2n) is 10.6. The third kappa shape index (κ3) is 4.04. The highest BCUT2D eigenvalue weighted by molar-refractivity contribution is 5.88. The van der Waals surface area contributed by atoms with Crippen LogP contribution in [0.5, 0.6) is 0 Å². The van der Waals surface area contributed by atoms with Gasteiger partial charge >= 0.3 is 0 Å². The number of hydrogen-bond acceptors (Lipinski definition) is 2. The molecule has 0 saturated heterocycles. The lowest BCUT2D eigenvalue weighted by atomic mass is 9.68. The third-order valence-corrected chi connectivity index (χ3v) is 8.74. The Morgan fingerprint density at radius 2 is 1.46 bits per heavy atom. The maximum atomic E-state index is 4.61. The fourth-order valence-electron chi connectivity index (χ4n) is 7.21. The van der Waals surface area contributed by atoms with E-state index in [1.165, 1.54) is 50.3 Å². The van der Waals surface area contributed by atoms with E-state index in [0.717, 1.165) is 6.42 Å². The van der Waals surface area contributed by atoms with Gasteiger partial charge in [-0.15, -0.1) is 0 Å². The average molecular weight is 535 g/mol. The van der Waals surface area contributed by atoms with Gasteiger partial charge in [-0.2, -0.15) is 0 Å². The first kappa shape index (κ1) is 26.8. The van der Waals surface area contributed by atoms with Gasteiger partial charge in [0.2, 0.25) is 0 Å². The summed E-state index contributed by atoms with van der Waals surface area (Å²) in [6.07, 6.45) is 9.60. The first-order valence-corrected chi connectivity index (χ1v) is 15.0. The molecule has 2 heteroatoms. The minimum Gasteiger partial charge on any atom is -0.334 e. The first-order chi connectivity index (χ1) is 20.3. The summed E-state index contributed by atoms with van der Waals surface area (Å²) < 4.78 is 0. The minimum absolute atomic E-state index is 0.281. The van der Waals surface area contributed by atoms with Gasteiger partial charge in [0.05, 0.1) is 11.5 Å². The molecule has 0 saturated carbocycles. The molecule has 3 unspecified atom stereocenters. The molecule has 5 aromatic rings. The van der Waals surface area contributed by atoms with E-state index in [-0.39, 0.29) is 6.04 Å². The van der Waals surface area contributed by atoms with Gasteiger partial charge in [0.15, 0.2) is 0 Å². The van der Waals surface area contributed by atoms with Crippen LogP contribution in [-0.4, -0.2) is 11.0 Å². The van der Waals surface area contributed by atoms with Crippen molar-refractivity contribution in [3.63, 3.8) is 0 Å². The summed E-state index contributed by atoms with van der Waals surface area (Å²) in [6, 6.07) is 40.5. The number of para-hydroxylation sites is 1. The van der Waals surface area contributed by atoms with E-state index in [1.807, 2.05) is 26.2 Å². The van der Waals surface area contributed by atoms with Crippen LogP contribution in [0, 0.1) is 0 Å². The average Bonchev–Trinajstić information content (AvgIpc) is 3.52. The maximum Gasteiger partial charge on any atom is 0.0729 e. The smallest absolute Gasteiger partial charge is 0.0729 e. The van der Waals surface area contributed by atoms with E-state index in [1.54, 1.807) is 0 Å². The summed E-state index contributed by atoms with van der Waals surface area (Å²) in [4.78, 5) is 7.17. The van der Waals surface area contributed by atoms with Crippen molar-refractivity contribution in [3.05, 3.63) is 162 Å². The van der Waals surface area contributed by atoms with Crippen LogP contribution >= 0.6 is 0 Å². The molecule has 2 nitrogen and oxygen atoms in total. The normalized spacial score (nSPS) is 20.2. The molecule has 0 spiro atoms. The van der Waals surface area contributed by atoms with Gasteiger partial charge in [0.1, 0.15) is 0 Å². The predicted molar refractivity (Wildman–Crippen MR) is 173 cm³/mol. The number of hydrogen-bond donors (Lipinski definition) is 0. The maximum absolute atomic E-state index is 4.61. The zero-order valence-electron chi connectivity index (χ0n) is 24.5. The summed E-state index contributed by atoms with van der Waals surface area (Å²) in [6.45, 7) is 8.44. The monoisotopic (exact) mass is 534 g/mol. The fourth-order valence-corrected chi connectivity index (χ4v) is 7.21.